The first kappa shape index (κ1) is 10.2. The van der Waals surface area contributed by atoms with Crippen LogP contribution >= 0.6 is 0 Å². The Morgan fingerprint density at radius 2 is 2.24 bits per heavy atom. The molecule has 4 nitrogen and oxygen atoms in total. The van der Waals surface area contributed by atoms with Crippen molar-refractivity contribution in [2.45, 2.75) is 12.5 Å². The molecule has 0 saturated carbocycles. The first-order chi connectivity index (χ1) is 8.33. The molecule has 1 aromatic heterocycles. The smallest absolute Gasteiger partial charge is 0.148 e. The van der Waals surface area contributed by atoms with Crippen LogP contribution in [0.1, 0.15) is 18.0 Å². The fourth-order valence-corrected chi connectivity index (χ4v) is 2.16. The van der Waals surface area contributed by atoms with E-state index in [1.165, 1.54) is 5.56 Å². The highest BCUT2D eigenvalue weighted by Crippen LogP contribution is 2.33. The molecule has 0 bridgehead atoms. The number of nitrogens with one attached hydrogen (secondary N) is 1. The zero-order valence-corrected chi connectivity index (χ0v) is 9.76. The molecule has 1 aliphatic heterocycles. The van der Waals surface area contributed by atoms with Crippen LogP contribution in [0.25, 0.3) is 0 Å². The predicted octanol–water partition coefficient (Wildman–Crippen LogP) is 2.36. The summed E-state index contributed by atoms with van der Waals surface area (Å²) in [6.07, 6.45) is 2.90. The van der Waals surface area contributed by atoms with Crippen molar-refractivity contribution in [1.82, 2.24) is 9.78 Å². The Kier molecular flexibility index (Phi) is 2.48. The average Bonchev–Trinajstić information content (AvgIpc) is 2.75. The van der Waals surface area contributed by atoms with Gasteiger partial charge in [-0.15, -0.1) is 0 Å². The van der Waals surface area contributed by atoms with Crippen LogP contribution in [0.2, 0.25) is 0 Å². The summed E-state index contributed by atoms with van der Waals surface area (Å²) in [5.74, 6) is 1.89. The highest BCUT2D eigenvalue weighted by atomic mass is 16.5. The second-order valence-corrected chi connectivity index (χ2v) is 4.25. The Labute approximate surface area is 100 Å². The molecule has 1 aromatic carbocycles. The predicted molar refractivity (Wildman–Crippen MR) is 66.1 cm³/mol. The van der Waals surface area contributed by atoms with Crippen LogP contribution in [0.5, 0.6) is 5.75 Å². The number of rotatable bonds is 2. The number of fused-ring (bicyclic) bond motifs is 1. The molecule has 0 radical (unpaired) electrons. The molecule has 1 aliphatic rings. The van der Waals surface area contributed by atoms with Crippen LogP contribution in [-0.2, 0) is 7.05 Å². The van der Waals surface area contributed by atoms with Gasteiger partial charge in [0.2, 0.25) is 0 Å². The van der Waals surface area contributed by atoms with E-state index in [-0.39, 0.29) is 6.04 Å². The number of nitrogens with zero attached hydrogens (tertiary/aromatic N) is 2. The Balaban J connectivity index is 1.85. The second-order valence-electron chi connectivity index (χ2n) is 4.25. The molecule has 1 N–H and O–H groups in total. The normalized spacial score (nSPS) is 18.3. The Morgan fingerprint density at radius 1 is 1.35 bits per heavy atom. The van der Waals surface area contributed by atoms with Crippen LogP contribution in [0.3, 0.4) is 0 Å². The minimum Gasteiger partial charge on any atom is -0.493 e. The number of aromatic nitrogens is 2. The first-order valence-corrected chi connectivity index (χ1v) is 5.81. The average molecular weight is 229 g/mol. The third-order valence-electron chi connectivity index (χ3n) is 2.99. The molecule has 0 aliphatic carbocycles. The van der Waals surface area contributed by atoms with Crippen molar-refractivity contribution in [2.24, 2.45) is 7.05 Å². The number of benzene rings is 1. The lowest BCUT2D eigenvalue weighted by atomic mass is 10.0. The van der Waals surface area contributed by atoms with Gasteiger partial charge in [0, 0.05) is 31.3 Å². The zero-order chi connectivity index (χ0) is 11.7. The lowest BCUT2D eigenvalue weighted by Gasteiger charge is -2.26. The van der Waals surface area contributed by atoms with Crippen molar-refractivity contribution < 1.29 is 4.74 Å². The Morgan fingerprint density at radius 3 is 3.06 bits per heavy atom. The highest BCUT2D eigenvalue weighted by molar-refractivity contribution is 5.43. The molecule has 1 atom stereocenters. The SMILES string of the molecule is Cn1ccc(NC2CCOc3ccccc32)n1. The van der Waals surface area contributed by atoms with Crippen LogP contribution in [0.15, 0.2) is 36.5 Å². The maximum Gasteiger partial charge on any atom is 0.148 e. The van der Waals surface area contributed by atoms with Gasteiger partial charge in [-0.25, -0.2) is 0 Å². The minimum atomic E-state index is 0.287. The summed E-state index contributed by atoms with van der Waals surface area (Å²) in [5, 5.41) is 7.79. The fourth-order valence-electron chi connectivity index (χ4n) is 2.16. The molecule has 4 heteroatoms. The maximum atomic E-state index is 5.63. The number of para-hydroxylation sites is 1. The molecule has 2 heterocycles. The van der Waals surface area contributed by atoms with E-state index in [0.717, 1.165) is 24.6 Å². The molecular formula is C13H15N3O. The van der Waals surface area contributed by atoms with Gasteiger partial charge >= 0.3 is 0 Å². The summed E-state index contributed by atoms with van der Waals surface area (Å²) in [6, 6.07) is 10.4. The van der Waals surface area contributed by atoms with Crippen molar-refractivity contribution in [2.75, 3.05) is 11.9 Å². The van der Waals surface area contributed by atoms with E-state index in [1.807, 2.05) is 37.5 Å². The number of ether oxygens (including phenoxy) is 1. The number of anilines is 1. The molecular weight excluding hydrogens is 214 g/mol. The van der Waals surface area contributed by atoms with Crippen LogP contribution in [0.4, 0.5) is 5.82 Å². The molecule has 0 fully saturated rings. The lowest BCUT2D eigenvalue weighted by molar-refractivity contribution is 0.274. The largest absolute Gasteiger partial charge is 0.493 e. The summed E-state index contributed by atoms with van der Waals surface area (Å²) in [6.45, 7) is 0.752. The fraction of sp³-hybridized carbons (Fsp3) is 0.308. The number of hydrogen-bond donors (Lipinski definition) is 1. The van der Waals surface area contributed by atoms with Crippen LogP contribution in [-0.4, -0.2) is 16.4 Å². The van der Waals surface area contributed by atoms with E-state index < -0.39 is 0 Å². The summed E-state index contributed by atoms with van der Waals surface area (Å²) in [5.41, 5.74) is 1.21. The molecule has 1 unspecified atom stereocenters. The molecule has 2 aromatic rings. The van der Waals surface area contributed by atoms with E-state index in [9.17, 15) is 0 Å². The number of aryl methyl sites for hydroxylation is 1. The highest BCUT2D eigenvalue weighted by Gasteiger charge is 2.21. The van der Waals surface area contributed by atoms with Crippen molar-refractivity contribution in [1.29, 1.82) is 0 Å². The van der Waals surface area contributed by atoms with Crippen LogP contribution < -0.4 is 10.1 Å². The summed E-state index contributed by atoms with van der Waals surface area (Å²) in [7, 11) is 1.92. The van der Waals surface area contributed by atoms with E-state index in [0.29, 0.717) is 0 Å². The summed E-state index contributed by atoms with van der Waals surface area (Å²) in [4.78, 5) is 0. The Hall–Kier alpha value is -1.97. The van der Waals surface area contributed by atoms with Crippen molar-refractivity contribution in [3.05, 3.63) is 42.1 Å². The van der Waals surface area contributed by atoms with Gasteiger partial charge in [-0.1, -0.05) is 18.2 Å². The van der Waals surface area contributed by atoms with E-state index in [2.05, 4.69) is 16.5 Å². The third kappa shape index (κ3) is 1.98. The van der Waals surface area contributed by atoms with Gasteiger partial charge in [0.1, 0.15) is 11.6 Å². The lowest BCUT2D eigenvalue weighted by Crippen LogP contribution is -2.20. The van der Waals surface area contributed by atoms with E-state index in [4.69, 9.17) is 4.74 Å². The van der Waals surface area contributed by atoms with Gasteiger partial charge < -0.3 is 10.1 Å². The second kappa shape index (κ2) is 4.13. The molecule has 0 saturated heterocycles. The summed E-state index contributed by atoms with van der Waals surface area (Å²) < 4.78 is 7.43. The first-order valence-electron chi connectivity index (χ1n) is 5.81. The quantitative estimate of drug-likeness (QED) is 0.859. The maximum absolute atomic E-state index is 5.63. The molecule has 3 rings (SSSR count). The van der Waals surface area contributed by atoms with Crippen molar-refractivity contribution >= 4 is 5.82 Å². The third-order valence-corrected chi connectivity index (χ3v) is 2.99. The van der Waals surface area contributed by atoms with Gasteiger partial charge in [-0.05, 0) is 6.07 Å². The van der Waals surface area contributed by atoms with Gasteiger partial charge in [-0.3, -0.25) is 4.68 Å². The minimum absolute atomic E-state index is 0.287. The van der Waals surface area contributed by atoms with Gasteiger partial charge in [-0.2, -0.15) is 5.10 Å². The zero-order valence-electron chi connectivity index (χ0n) is 9.76. The van der Waals surface area contributed by atoms with E-state index in [1.54, 1.807) is 4.68 Å². The van der Waals surface area contributed by atoms with E-state index >= 15 is 0 Å². The van der Waals surface area contributed by atoms with Crippen LogP contribution in [0, 0.1) is 0 Å². The topological polar surface area (TPSA) is 39.1 Å². The molecule has 88 valence electrons. The monoisotopic (exact) mass is 229 g/mol. The van der Waals surface area contributed by atoms with Gasteiger partial charge in [0.25, 0.3) is 0 Å². The van der Waals surface area contributed by atoms with Crippen molar-refractivity contribution in [3.63, 3.8) is 0 Å². The number of hydrogen-bond acceptors (Lipinski definition) is 3. The molecule has 0 spiro atoms. The molecule has 17 heavy (non-hydrogen) atoms. The summed E-state index contributed by atoms with van der Waals surface area (Å²) >= 11 is 0. The molecule has 0 amide bonds. The van der Waals surface area contributed by atoms with Crippen molar-refractivity contribution in [3.8, 4) is 5.75 Å². The van der Waals surface area contributed by atoms with Gasteiger partial charge in [0.15, 0.2) is 0 Å². The Bertz CT molecular complexity index is 521. The standard InChI is InChI=1S/C13H15N3O/c1-16-8-6-13(15-16)14-11-7-9-17-12-5-3-2-4-10(11)12/h2-6,8,11H,7,9H2,1H3,(H,14,15). The van der Waals surface area contributed by atoms with Gasteiger partial charge in [0.05, 0.1) is 12.6 Å².